The van der Waals surface area contributed by atoms with Crippen molar-refractivity contribution in [3.63, 3.8) is 0 Å². The summed E-state index contributed by atoms with van der Waals surface area (Å²) in [5.41, 5.74) is -0.309. The molecular formula is C22H25FN4O5. The molecule has 0 saturated carbocycles. The van der Waals surface area contributed by atoms with Crippen molar-refractivity contribution >= 4 is 34.4 Å². The zero-order valence-electron chi connectivity index (χ0n) is 18.0. The summed E-state index contributed by atoms with van der Waals surface area (Å²) in [6, 6.07) is 2.22. The number of fused-ring (bicyclic) bond motifs is 1. The second-order valence-corrected chi connectivity index (χ2v) is 8.00. The topological polar surface area (TPSA) is 103 Å². The molecule has 2 saturated heterocycles. The number of likely N-dealkylation sites (N-methyl/N-ethyl adjacent to an activating group) is 1. The van der Waals surface area contributed by atoms with Crippen LogP contribution in [0.15, 0.2) is 23.1 Å². The highest BCUT2D eigenvalue weighted by Gasteiger charge is 2.41. The number of nitrogens with zero attached hydrogens (tertiary/aromatic N) is 4. The van der Waals surface area contributed by atoms with Crippen molar-refractivity contribution < 1.29 is 23.9 Å². The first-order valence-corrected chi connectivity index (χ1v) is 10.7. The number of pyridine rings is 1. The fourth-order valence-corrected chi connectivity index (χ4v) is 4.61. The van der Waals surface area contributed by atoms with E-state index in [4.69, 9.17) is 0 Å². The van der Waals surface area contributed by atoms with E-state index in [-0.39, 0.29) is 23.6 Å². The average molecular weight is 444 g/mol. The SMILES string of the molecule is CCN1C(=O)CC(N2CCN(c3cc4c(cc3F)c(=O)c(C(=O)O)cn4CC)CC2)C1=O. The number of halogens is 1. The van der Waals surface area contributed by atoms with E-state index >= 15 is 4.39 Å². The molecule has 10 heteroatoms. The smallest absolute Gasteiger partial charge is 0.341 e. The molecule has 2 aromatic rings. The van der Waals surface area contributed by atoms with Crippen LogP contribution in [0.5, 0.6) is 0 Å². The van der Waals surface area contributed by atoms with Gasteiger partial charge in [0.05, 0.1) is 23.7 Å². The first kappa shape index (κ1) is 21.9. The van der Waals surface area contributed by atoms with E-state index in [2.05, 4.69) is 0 Å². The van der Waals surface area contributed by atoms with Crippen LogP contribution in [-0.4, -0.2) is 76.0 Å². The van der Waals surface area contributed by atoms with E-state index < -0.39 is 28.8 Å². The van der Waals surface area contributed by atoms with Gasteiger partial charge in [-0.3, -0.25) is 24.2 Å². The Morgan fingerprint density at radius 2 is 1.78 bits per heavy atom. The van der Waals surface area contributed by atoms with Gasteiger partial charge in [-0.2, -0.15) is 0 Å². The number of likely N-dealkylation sites (tertiary alicyclic amines) is 1. The van der Waals surface area contributed by atoms with E-state index in [0.717, 1.165) is 6.07 Å². The van der Waals surface area contributed by atoms with Crippen LogP contribution in [0.2, 0.25) is 0 Å². The lowest BCUT2D eigenvalue weighted by Crippen LogP contribution is -2.52. The fraction of sp³-hybridized carbons (Fsp3) is 0.455. The summed E-state index contributed by atoms with van der Waals surface area (Å²) in [4.78, 5) is 53.5. The van der Waals surface area contributed by atoms with Gasteiger partial charge >= 0.3 is 5.97 Å². The molecule has 0 radical (unpaired) electrons. The normalized spacial score (nSPS) is 19.9. The highest BCUT2D eigenvalue weighted by molar-refractivity contribution is 6.05. The van der Waals surface area contributed by atoms with Crippen molar-refractivity contribution in [3.05, 3.63) is 39.9 Å². The Morgan fingerprint density at radius 1 is 1.09 bits per heavy atom. The third-order valence-electron chi connectivity index (χ3n) is 6.35. The molecular weight excluding hydrogens is 419 g/mol. The van der Waals surface area contributed by atoms with Gasteiger partial charge < -0.3 is 14.6 Å². The largest absolute Gasteiger partial charge is 0.477 e. The Bertz CT molecular complexity index is 1170. The number of anilines is 1. The molecule has 0 spiro atoms. The van der Waals surface area contributed by atoms with E-state index in [1.165, 1.54) is 11.1 Å². The van der Waals surface area contributed by atoms with Gasteiger partial charge in [0, 0.05) is 50.9 Å². The van der Waals surface area contributed by atoms with E-state index in [1.807, 2.05) is 16.7 Å². The van der Waals surface area contributed by atoms with Crippen molar-refractivity contribution in [1.29, 1.82) is 0 Å². The number of aryl methyl sites for hydroxylation is 1. The number of hydrogen-bond acceptors (Lipinski definition) is 6. The third-order valence-corrected chi connectivity index (χ3v) is 6.35. The second-order valence-electron chi connectivity index (χ2n) is 8.00. The number of rotatable bonds is 5. The lowest BCUT2D eigenvalue weighted by atomic mass is 10.1. The summed E-state index contributed by atoms with van der Waals surface area (Å²) in [5, 5.41) is 9.32. The van der Waals surface area contributed by atoms with Crippen LogP contribution < -0.4 is 10.3 Å². The molecule has 2 fully saturated rings. The predicted octanol–water partition coefficient (Wildman–Crippen LogP) is 1.13. The zero-order valence-corrected chi connectivity index (χ0v) is 18.0. The Morgan fingerprint density at radius 3 is 2.34 bits per heavy atom. The van der Waals surface area contributed by atoms with Crippen molar-refractivity contribution in [2.75, 3.05) is 37.6 Å². The summed E-state index contributed by atoms with van der Waals surface area (Å²) < 4.78 is 16.6. The standard InChI is InChI=1S/C22H25FN4O5/c1-3-24-12-14(22(31)32)20(29)13-9-15(23)17(10-16(13)24)25-5-7-26(8-6-25)18-11-19(28)27(4-2)21(18)30/h9-10,12,18H,3-8,11H2,1-2H3,(H,31,32). The summed E-state index contributed by atoms with van der Waals surface area (Å²) in [5.74, 6) is -2.29. The molecule has 2 aliphatic rings. The van der Waals surface area contributed by atoms with E-state index in [1.54, 1.807) is 17.6 Å². The maximum absolute atomic E-state index is 15.0. The van der Waals surface area contributed by atoms with Gasteiger partial charge in [-0.15, -0.1) is 0 Å². The number of carboxylic acid groups (broad SMARTS) is 1. The van der Waals surface area contributed by atoms with Gasteiger partial charge in [0.1, 0.15) is 11.4 Å². The molecule has 1 N–H and O–H groups in total. The molecule has 1 aromatic carbocycles. The van der Waals surface area contributed by atoms with Gasteiger partial charge in [0.15, 0.2) is 0 Å². The van der Waals surface area contributed by atoms with E-state index in [9.17, 15) is 24.3 Å². The molecule has 2 amide bonds. The molecule has 170 valence electrons. The lowest BCUT2D eigenvalue weighted by molar-refractivity contribution is -0.139. The number of aromatic nitrogens is 1. The minimum absolute atomic E-state index is 0.0290. The molecule has 3 heterocycles. The molecule has 1 aromatic heterocycles. The Labute approximate surface area is 183 Å². The van der Waals surface area contributed by atoms with E-state index in [0.29, 0.717) is 50.5 Å². The maximum atomic E-state index is 15.0. The lowest BCUT2D eigenvalue weighted by Gasteiger charge is -2.38. The van der Waals surface area contributed by atoms with Crippen molar-refractivity contribution in [2.24, 2.45) is 0 Å². The molecule has 9 nitrogen and oxygen atoms in total. The number of amides is 2. The number of hydrogen-bond donors (Lipinski definition) is 1. The molecule has 4 rings (SSSR count). The molecule has 1 atom stereocenters. The monoisotopic (exact) mass is 444 g/mol. The first-order chi connectivity index (χ1) is 15.3. The number of imide groups is 1. The van der Waals surface area contributed by atoms with Crippen LogP contribution in [0.25, 0.3) is 10.9 Å². The van der Waals surface area contributed by atoms with Crippen LogP contribution in [0, 0.1) is 5.82 Å². The van der Waals surface area contributed by atoms with Crippen LogP contribution >= 0.6 is 0 Å². The fourth-order valence-electron chi connectivity index (χ4n) is 4.61. The van der Waals surface area contributed by atoms with Crippen LogP contribution in [-0.2, 0) is 16.1 Å². The van der Waals surface area contributed by atoms with Gasteiger partial charge in [-0.1, -0.05) is 0 Å². The number of carbonyl (C=O) groups excluding carboxylic acids is 2. The number of piperazine rings is 1. The molecule has 1 unspecified atom stereocenters. The first-order valence-electron chi connectivity index (χ1n) is 10.7. The van der Waals surface area contributed by atoms with Crippen molar-refractivity contribution in [2.45, 2.75) is 32.9 Å². The summed E-state index contributed by atoms with van der Waals surface area (Å²) in [6.45, 7) is 6.27. The van der Waals surface area contributed by atoms with Crippen LogP contribution in [0.1, 0.15) is 30.6 Å². The third kappa shape index (κ3) is 3.54. The van der Waals surface area contributed by atoms with Crippen LogP contribution in [0.3, 0.4) is 0 Å². The molecule has 32 heavy (non-hydrogen) atoms. The van der Waals surface area contributed by atoms with Crippen molar-refractivity contribution in [1.82, 2.24) is 14.4 Å². The minimum Gasteiger partial charge on any atom is -0.477 e. The Balaban J connectivity index is 1.60. The second kappa shape index (κ2) is 8.34. The van der Waals surface area contributed by atoms with Gasteiger partial charge in [0.2, 0.25) is 17.2 Å². The number of carboxylic acids is 1. The zero-order chi connectivity index (χ0) is 23.2. The molecule has 2 aliphatic heterocycles. The average Bonchev–Trinajstić information content (AvgIpc) is 3.07. The summed E-state index contributed by atoms with van der Waals surface area (Å²) >= 11 is 0. The predicted molar refractivity (Wildman–Crippen MR) is 115 cm³/mol. The van der Waals surface area contributed by atoms with Crippen LogP contribution in [0.4, 0.5) is 10.1 Å². The van der Waals surface area contributed by atoms with Gasteiger partial charge in [-0.25, -0.2) is 9.18 Å². The Kier molecular flexibility index (Phi) is 5.72. The number of aromatic carboxylic acids is 1. The van der Waals surface area contributed by atoms with Gasteiger partial charge in [-0.05, 0) is 26.0 Å². The highest BCUT2D eigenvalue weighted by Crippen LogP contribution is 2.28. The summed E-state index contributed by atoms with van der Waals surface area (Å²) in [6.07, 6.45) is 1.46. The van der Waals surface area contributed by atoms with Crippen molar-refractivity contribution in [3.8, 4) is 0 Å². The quantitative estimate of drug-likeness (QED) is 0.690. The molecule has 0 bridgehead atoms. The molecule has 0 aliphatic carbocycles. The minimum atomic E-state index is -1.35. The highest BCUT2D eigenvalue weighted by atomic mass is 19.1. The number of carbonyl (C=O) groups is 3. The van der Waals surface area contributed by atoms with Gasteiger partial charge in [0.25, 0.3) is 0 Å². The summed E-state index contributed by atoms with van der Waals surface area (Å²) in [7, 11) is 0. The maximum Gasteiger partial charge on any atom is 0.341 e. The number of benzene rings is 1. The Hall–Kier alpha value is -3.27.